The minimum atomic E-state index is -0.664. The van der Waals surface area contributed by atoms with Crippen LogP contribution in [0.15, 0.2) is 48.5 Å². The molecule has 0 saturated carbocycles. The Hall–Kier alpha value is -3.90. The van der Waals surface area contributed by atoms with Gasteiger partial charge in [0.15, 0.2) is 6.61 Å². The molecule has 2 aromatic carbocycles. The van der Waals surface area contributed by atoms with Crippen LogP contribution in [0, 0.1) is 21.4 Å². The maximum atomic E-state index is 11.7. The minimum absolute atomic E-state index is 0.0168. The number of nitrogens with zero attached hydrogens (tertiary/aromatic N) is 2. The van der Waals surface area contributed by atoms with Crippen LogP contribution < -0.4 is 15.6 Å². The number of rotatable bonds is 6. The molecule has 0 aliphatic carbocycles. The number of benzene rings is 2. The highest BCUT2D eigenvalue weighted by molar-refractivity contribution is 6.32. The first-order valence-corrected chi connectivity index (χ1v) is 8.11. The van der Waals surface area contributed by atoms with Gasteiger partial charge >= 0.3 is 0 Å². The first-order valence-electron chi connectivity index (χ1n) is 7.73. The average molecular weight is 401 g/mol. The summed E-state index contributed by atoms with van der Waals surface area (Å²) in [6, 6.07) is 12.4. The van der Waals surface area contributed by atoms with Gasteiger partial charge < -0.3 is 4.74 Å². The van der Waals surface area contributed by atoms with Crippen molar-refractivity contribution in [1.82, 2.24) is 10.9 Å². The van der Waals surface area contributed by atoms with Crippen molar-refractivity contribution in [2.75, 3.05) is 6.61 Å². The molecule has 2 N–H and O–H groups in total. The second-order valence-electron chi connectivity index (χ2n) is 5.24. The normalized spacial score (nSPS) is 10.1. The summed E-state index contributed by atoms with van der Waals surface area (Å²) in [4.78, 5) is 33.6. The predicted molar refractivity (Wildman–Crippen MR) is 100 cm³/mol. The van der Waals surface area contributed by atoms with E-state index < -0.39 is 23.3 Å². The Balaban J connectivity index is 1.84. The number of ether oxygens (including phenoxy) is 1. The maximum absolute atomic E-state index is 11.7. The third-order valence-electron chi connectivity index (χ3n) is 3.29. The third-order valence-corrected chi connectivity index (χ3v) is 3.61. The standard InChI is InChI=1S/C18H13ClN4O5/c19-14-7-5-12(9-15(14)23(26)27)6-8-17(24)21-22-18(25)11-28-16-4-2-1-3-13(16)10-20/h1-9H,11H2,(H,21,24)(H,22,25)/b8-6+. The Morgan fingerprint density at radius 3 is 2.71 bits per heavy atom. The number of hydrazine groups is 1. The van der Waals surface area contributed by atoms with E-state index in [0.717, 1.165) is 6.08 Å². The lowest BCUT2D eigenvalue weighted by Crippen LogP contribution is -2.43. The minimum Gasteiger partial charge on any atom is -0.482 e. The molecule has 142 valence electrons. The molecule has 0 fully saturated rings. The van der Waals surface area contributed by atoms with Gasteiger partial charge in [0.1, 0.15) is 16.8 Å². The summed E-state index contributed by atoms with van der Waals surface area (Å²) in [7, 11) is 0. The van der Waals surface area contributed by atoms with Gasteiger partial charge in [-0.2, -0.15) is 5.26 Å². The van der Waals surface area contributed by atoms with Gasteiger partial charge in [0.05, 0.1) is 10.5 Å². The Morgan fingerprint density at radius 1 is 1.25 bits per heavy atom. The fourth-order valence-corrected chi connectivity index (χ4v) is 2.17. The van der Waals surface area contributed by atoms with Crippen LogP contribution in [0.2, 0.25) is 5.02 Å². The van der Waals surface area contributed by atoms with Gasteiger partial charge in [-0.3, -0.25) is 30.6 Å². The number of carbonyl (C=O) groups excluding carboxylic acids is 2. The van der Waals surface area contributed by atoms with Crippen molar-refractivity contribution in [2.45, 2.75) is 0 Å². The number of nitro benzene ring substituents is 1. The molecule has 0 unspecified atom stereocenters. The van der Waals surface area contributed by atoms with E-state index >= 15 is 0 Å². The Bertz CT molecular complexity index is 984. The summed E-state index contributed by atoms with van der Waals surface area (Å²) >= 11 is 5.71. The van der Waals surface area contributed by atoms with E-state index in [1.165, 1.54) is 24.3 Å². The quantitative estimate of drug-likeness (QED) is 0.434. The molecule has 0 heterocycles. The monoisotopic (exact) mass is 400 g/mol. The lowest BCUT2D eigenvalue weighted by molar-refractivity contribution is -0.384. The zero-order valence-corrected chi connectivity index (χ0v) is 15.0. The number of nitrogens with one attached hydrogen (secondary N) is 2. The summed E-state index contributed by atoms with van der Waals surface area (Å²) in [5.41, 5.74) is 4.65. The molecule has 2 aromatic rings. The van der Waals surface area contributed by atoms with E-state index in [4.69, 9.17) is 21.6 Å². The molecule has 28 heavy (non-hydrogen) atoms. The number of para-hydroxylation sites is 1. The van der Waals surface area contributed by atoms with Crippen LogP contribution in [0.4, 0.5) is 5.69 Å². The highest BCUT2D eigenvalue weighted by Crippen LogP contribution is 2.25. The second-order valence-corrected chi connectivity index (χ2v) is 5.64. The van der Waals surface area contributed by atoms with Crippen LogP contribution in [0.3, 0.4) is 0 Å². The van der Waals surface area contributed by atoms with Gasteiger partial charge in [0, 0.05) is 12.1 Å². The highest BCUT2D eigenvalue weighted by Gasteiger charge is 2.12. The van der Waals surface area contributed by atoms with Crippen molar-refractivity contribution in [1.29, 1.82) is 5.26 Å². The number of hydrogen-bond acceptors (Lipinski definition) is 6. The molecular weight excluding hydrogens is 388 g/mol. The molecule has 0 aliphatic rings. The van der Waals surface area contributed by atoms with Crippen molar-refractivity contribution < 1.29 is 19.2 Å². The summed E-state index contributed by atoms with van der Waals surface area (Å²) in [6.07, 6.45) is 2.41. The number of carbonyl (C=O) groups is 2. The van der Waals surface area contributed by atoms with Crippen molar-refractivity contribution in [3.63, 3.8) is 0 Å². The van der Waals surface area contributed by atoms with Crippen LogP contribution >= 0.6 is 11.6 Å². The van der Waals surface area contributed by atoms with Gasteiger partial charge in [-0.1, -0.05) is 29.8 Å². The van der Waals surface area contributed by atoms with Crippen LogP contribution in [0.1, 0.15) is 11.1 Å². The van der Waals surface area contributed by atoms with Gasteiger partial charge in [-0.25, -0.2) is 0 Å². The van der Waals surface area contributed by atoms with Gasteiger partial charge in [-0.15, -0.1) is 0 Å². The number of nitriles is 1. The summed E-state index contributed by atoms with van der Waals surface area (Å²) in [5.74, 6) is -1.06. The summed E-state index contributed by atoms with van der Waals surface area (Å²) in [6.45, 7) is -0.411. The van der Waals surface area contributed by atoms with E-state index in [0.29, 0.717) is 5.56 Å². The largest absolute Gasteiger partial charge is 0.482 e. The summed E-state index contributed by atoms with van der Waals surface area (Å²) in [5, 5.41) is 19.8. The maximum Gasteiger partial charge on any atom is 0.288 e. The molecule has 0 bridgehead atoms. The first-order chi connectivity index (χ1) is 13.4. The molecule has 0 aromatic heterocycles. The topological polar surface area (TPSA) is 134 Å². The number of nitro groups is 1. The van der Waals surface area contributed by atoms with Crippen LogP contribution in [0.5, 0.6) is 5.75 Å². The van der Waals surface area contributed by atoms with E-state index in [1.807, 2.05) is 6.07 Å². The van der Waals surface area contributed by atoms with Crippen molar-refractivity contribution in [3.8, 4) is 11.8 Å². The van der Waals surface area contributed by atoms with E-state index in [2.05, 4.69) is 10.9 Å². The smallest absolute Gasteiger partial charge is 0.288 e. The number of hydrogen-bond donors (Lipinski definition) is 2. The fraction of sp³-hybridized carbons (Fsp3) is 0.0556. The highest BCUT2D eigenvalue weighted by atomic mass is 35.5. The Kier molecular flexibility index (Phi) is 7.07. The van der Waals surface area contributed by atoms with Gasteiger partial charge in [0.2, 0.25) is 0 Å². The van der Waals surface area contributed by atoms with Gasteiger partial charge in [-0.05, 0) is 29.8 Å². The van der Waals surface area contributed by atoms with Crippen LogP contribution in [0.25, 0.3) is 6.08 Å². The van der Waals surface area contributed by atoms with Crippen LogP contribution in [-0.2, 0) is 9.59 Å². The molecule has 2 rings (SSSR count). The van der Waals surface area contributed by atoms with Crippen molar-refractivity contribution in [3.05, 3.63) is 74.8 Å². The molecule has 10 heteroatoms. The molecule has 2 amide bonds. The first kappa shape index (κ1) is 20.4. The van der Waals surface area contributed by atoms with Crippen molar-refractivity contribution in [2.24, 2.45) is 0 Å². The number of halogens is 1. The predicted octanol–water partition coefficient (Wildman–Crippen LogP) is 2.36. The molecular formula is C18H13ClN4O5. The molecule has 0 saturated heterocycles. The van der Waals surface area contributed by atoms with E-state index in [9.17, 15) is 19.7 Å². The van der Waals surface area contributed by atoms with Crippen LogP contribution in [-0.4, -0.2) is 23.3 Å². The van der Waals surface area contributed by atoms with E-state index in [-0.39, 0.29) is 22.0 Å². The Labute approximate surface area is 164 Å². The molecule has 0 radical (unpaired) electrons. The van der Waals surface area contributed by atoms with Crippen molar-refractivity contribution >= 4 is 35.2 Å². The second kappa shape index (κ2) is 9.70. The lowest BCUT2D eigenvalue weighted by atomic mass is 10.2. The number of amides is 2. The third kappa shape index (κ3) is 5.82. The molecule has 9 nitrogen and oxygen atoms in total. The zero-order chi connectivity index (χ0) is 20.5. The molecule has 0 aliphatic heterocycles. The lowest BCUT2D eigenvalue weighted by Gasteiger charge is -2.08. The molecule has 0 atom stereocenters. The van der Waals surface area contributed by atoms with E-state index in [1.54, 1.807) is 24.3 Å². The summed E-state index contributed by atoms with van der Waals surface area (Å²) < 4.78 is 5.22. The Morgan fingerprint density at radius 2 is 2.00 bits per heavy atom. The fourth-order valence-electron chi connectivity index (χ4n) is 1.98. The molecule has 0 spiro atoms. The average Bonchev–Trinajstić information content (AvgIpc) is 2.70. The van der Waals surface area contributed by atoms with Gasteiger partial charge in [0.25, 0.3) is 17.5 Å². The zero-order valence-electron chi connectivity index (χ0n) is 14.2. The SMILES string of the molecule is N#Cc1ccccc1OCC(=O)NNC(=O)/C=C/c1ccc(Cl)c([N+](=O)[O-])c1.